The first-order chi connectivity index (χ1) is 7.66. The molecule has 1 heterocycles. The van der Waals surface area contributed by atoms with Gasteiger partial charge in [-0.15, -0.1) is 0 Å². The van der Waals surface area contributed by atoms with Crippen molar-refractivity contribution in [2.45, 2.75) is 6.42 Å². The summed E-state index contributed by atoms with van der Waals surface area (Å²) in [6.45, 7) is 0. The molecule has 0 atom stereocenters. The Morgan fingerprint density at radius 1 is 1.19 bits per heavy atom. The lowest BCUT2D eigenvalue weighted by atomic mass is 10.1. The predicted octanol–water partition coefficient (Wildman–Crippen LogP) is 1.89. The lowest BCUT2D eigenvalue weighted by molar-refractivity contribution is -0.135. The minimum atomic E-state index is -1.14. The van der Waals surface area contributed by atoms with E-state index in [1.54, 1.807) is 12.3 Å². The van der Waals surface area contributed by atoms with Crippen LogP contribution in [-0.2, 0) is 4.79 Å². The van der Waals surface area contributed by atoms with Crippen molar-refractivity contribution in [1.82, 2.24) is 4.98 Å². The van der Waals surface area contributed by atoms with Crippen LogP contribution in [0.15, 0.2) is 36.5 Å². The van der Waals surface area contributed by atoms with E-state index in [4.69, 9.17) is 5.11 Å². The van der Waals surface area contributed by atoms with Crippen molar-refractivity contribution in [2.75, 3.05) is 0 Å². The van der Waals surface area contributed by atoms with Crippen LogP contribution in [0.1, 0.15) is 16.9 Å². The van der Waals surface area contributed by atoms with Gasteiger partial charge in [0.1, 0.15) is 12.1 Å². The van der Waals surface area contributed by atoms with Crippen LogP contribution in [0.2, 0.25) is 0 Å². The average Bonchev–Trinajstić information content (AvgIpc) is 2.27. The van der Waals surface area contributed by atoms with Crippen LogP contribution in [-0.4, -0.2) is 21.8 Å². The summed E-state index contributed by atoms with van der Waals surface area (Å²) in [7, 11) is 0. The summed E-state index contributed by atoms with van der Waals surface area (Å²) in [5, 5.41) is 10.3. The van der Waals surface area contributed by atoms with Gasteiger partial charge in [-0.1, -0.05) is 24.3 Å². The molecule has 4 nitrogen and oxygen atoms in total. The van der Waals surface area contributed by atoms with Crippen molar-refractivity contribution < 1.29 is 14.7 Å². The van der Waals surface area contributed by atoms with Crippen LogP contribution in [0.25, 0.3) is 10.8 Å². The number of rotatable bonds is 3. The highest BCUT2D eigenvalue weighted by molar-refractivity contribution is 6.05. The molecule has 2 rings (SSSR count). The summed E-state index contributed by atoms with van der Waals surface area (Å²) in [5.74, 6) is -1.61. The third kappa shape index (κ3) is 2.06. The van der Waals surface area contributed by atoms with E-state index < -0.39 is 18.2 Å². The van der Waals surface area contributed by atoms with Crippen LogP contribution >= 0.6 is 0 Å². The fraction of sp³-hybridized carbons (Fsp3) is 0.0833. The molecule has 0 spiro atoms. The van der Waals surface area contributed by atoms with Crippen molar-refractivity contribution in [3.63, 3.8) is 0 Å². The Bertz CT molecular complexity index is 563. The van der Waals surface area contributed by atoms with Crippen LogP contribution in [0, 0.1) is 0 Å². The Labute approximate surface area is 91.5 Å². The van der Waals surface area contributed by atoms with E-state index in [-0.39, 0.29) is 5.69 Å². The van der Waals surface area contributed by atoms with Gasteiger partial charge in [-0.2, -0.15) is 0 Å². The number of ketones is 1. The maximum absolute atomic E-state index is 11.5. The van der Waals surface area contributed by atoms with Gasteiger partial charge in [0.15, 0.2) is 5.78 Å². The molecule has 1 aromatic heterocycles. The maximum atomic E-state index is 11.5. The average molecular weight is 215 g/mol. The first kappa shape index (κ1) is 10.3. The van der Waals surface area contributed by atoms with Crippen LogP contribution in [0.3, 0.4) is 0 Å². The highest BCUT2D eigenvalue weighted by Crippen LogP contribution is 2.14. The molecule has 0 aliphatic carbocycles. The molecule has 0 bridgehead atoms. The molecule has 16 heavy (non-hydrogen) atoms. The van der Waals surface area contributed by atoms with E-state index in [9.17, 15) is 9.59 Å². The molecule has 4 heteroatoms. The molecule has 0 aliphatic heterocycles. The fourth-order valence-corrected chi connectivity index (χ4v) is 1.46. The van der Waals surface area contributed by atoms with Gasteiger partial charge < -0.3 is 5.11 Å². The summed E-state index contributed by atoms with van der Waals surface area (Å²) in [4.78, 5) is 25.8. The Kier molecular flexibility index (Phi) is 2.64. The van der Waals surface area contributed by atoms with E-state index in [1.807, 2.05) is 24.3 Å². The minimum absolute atomic E-state index is 0.195. The highest BCUT2D eigenvalue weighted by Gasteiger charge is 2.12. The zero-order valence-corrected chi connectivity index (χ0v) is 8.38. The third-order valence-corrected chi connectivity index (χ3v) is 2.23. The van der Waals surface area contributed by atoms with Crippen molar-refractivity contribution in [3.05, 3.63) is 42.2 Å². The molecular weight excluding hydrogens is 206 g/mol. The number of pyridine rings is 1. The monoisotopic (exact) mass is 215 g/mol. The van der Waals surface area contributed by atoms with Gasteiger partial charge in [0, 0.05) is 11.6 Å². The quantitative estimate of drug-likeness (QED) is 0.627. The highest BCUT2D eigenvalue weighted by atomic mass is 16.4. The zero-order chi connectivity index (χ0) is 11.5. The molecule has 80 valence electrons. The predicted molar refractivity (Wildman–Crippen MR) is 58.3 cm³/mol. The second kappa shape index (κ2) is 4.10. The van der Waals surface area contributed by atoms with Crippen molar-refractivity contribution in [1.29, 1.82) is 0 Å². The Morgan fingerprint density at radius 2 is 1.88 bits per heavy atom. The topological polar surface area (TPSA) is 67.3 Å². The van der Waals surface area contributed by atoms with Gasteiger partial charge in [0.05, 0.1) is 0 Å². The summed E-state index contributed by atoms with van der Waals surface area (Å²) < 4.78 is 0. The van der Waals surface area contributed by atoms with E-state index in [2.05, 4.69) is 4.98 Å². The normalized spacial score (nSPS) is 10.2. The van der Waals surface area contributed by atoms with E-state index >= 15 is 0 Å². The number of nitrogens with zero attached hydrogens (tertiary/aromatic N) is 1. The first-order valence-corrected chi connectivity index (χ1v) is 4.76. The number of carbonyl (C=O) groups is 2. The number of aliphatic carboxylic acids is 1. The Morgan fingerprint density at radius 3 is 2.56 bits per heavy atom. The molecule has 1 aromatic carbocycles. The number of hydrogen-bond acceptors (Lipinski definition) is 3. The number of aromatic nitrogens is 1. The molecule has 1 N–H and O–H groups in total. The number of carboxylic acids is 1. The van der Waals surface area contributed by atoms with Gasteiger partial charge in [-0.05, 0) is 11.5 Å². The fourth-order valence-electron chi connectivity index (χ4n) is 1.46. The van der Waals surface area contributed by atoms with E-state index in [0.29, 0.717) is 0 Å². The Balaban J connectivity index is 2.39. The zero-order valence-electron chi connectivity index (χ0n) is 8.38. The van der Waals surface area contributed by atoms with Crippen molar-refractivity contribution in [3.8, 4) is 0 Å². The third-order valence-electron chi connectivity index (χ3n) is 2.23. The molecule has 0 radical (unpaired) electrons. The van der Waals surface area contributed by atoms with Crippen molar-refractivity contribution in [2.24, 2.45) is 0 Å². The first-order valence-electron chi connectivity index (χ1n) is 4.76. The number of Topliss-reactive ketones (excluding diaryl/α,β-unsaturated/α-hetero) is 1. The number of hydrogen-bond donors (Lipinski definition) is 1. The minimum Gasteiger partial charge on any atom is -0.481 e. The standard InChI is InChI=1S/C12H9NO3/c14-11(6-12(15)16)10-5-8-3-1-2-4-9(8)7-13-10/h1-5,7H,6H2,(H,15,16). The molecule has 0 fully saturated rings. The molecule has 2 aromatic rings. The van der Waals surface area contributed by atoms with E-state index in [1.165, 1.54) is 0 Å². The summed E-state index contributed by atoms with van der Waals surface area (Å²) in [6, 6.07) is 9.08. The summed E-state index contributed by atoms with van der Waals surface area (Å²) in [5.41, 5.74) is 0.195. The smallest absolute Gasteiger partial charge is 0.311 e. The van der Waals surface area contributed by atoms with Crippen LogP contribution in [0.4, 0.5) is 0 Å². The second-order valence-corrected chi connectivity index (χ2v) is 3.41. The number of fused-ring (bicyclic) bond motifs is 1. The van der Waals surface area contributed by atoms with Gasteiger partial charge >= 0.3 is 5.97 Å². The maximum Gasteiger partial charge on any atom is 0.311 e. The lowest BCUT2D eigenvalue weighted by Gasteiger charge is -2.00. The summed E-state index contributed by atoms with van der Waals surface area (Å²) in [6.07, 6.45) is 1.05. The summed E-state index contributed by atoms with van der Waals surface area (Å²) >= 11 is 0. The van der Waals surface area contributed by atoms with Crippen LogP contribution < -0.4 is 0 Å². The molecular formula is C12H9NO3. The van der Waals surface area contributed by atoms with E-state index in [0.717, 1.165) is 10.8 Å². The SMILES string of the molecule is O=C(O)CC(=O)c1cc2ccccc2cn1. The number of carbonyl (C=O) groups excluding carboxylic acids is 1. The number of carboxylic acid groups (broad SMARTS) is 1. The molecule has 0 aliphatic rings. The van der Waals surface area contributed by atoms with Crippen molar-refractivity contribution >= 4 is 22.5 Å². The molecule has 0 amide bonds. The van der Waals surface area contributed by atoms with Crippen LogP contribution in [0.5, 0.6) is 0 Å². The van der Waals surface area contributed by atoms with Gasteiger partial charge in [0.25, 0.3) is 0 Å². The Hall–Kier alpha value is -2.23. The lowest BCUT2D eigenvalue weighted by Crippen LogP contribution is -2.08. The molecule has 0 saturated heterocycles. The largest absolute Gasteiger partial charge is 0.481 e. The van der Waals surface area contributed by atoms with Gasteiger partial charge in [-0.25, -0.2) is 0 Å². The van der Waals surface area contributed by atoms with Gasteiger partial charge in [-0.3, -0.25) is 14.6 Å². The second-order valence-electron chi connectivity index (χ2n) is 3.41. The van der Waals surface area contributed by atoms with Gasteiger partial charge in [0.2, 0.25) is 0 Å². The molecule has 0 unspecified atom stereocenters. The number of benzene rings is 1. The molecule has 0 saturated carbocycles.